The molecule has 1 aromatic rings. The molecule has 19 heavy (non-hydrogen) atoms. The summed E-state index contributed by atoms with van der Waals surface area (Å²) in [6.07, 6.45) is 6.89. The normalized spacial score (nSPS) is 25.3. The molecule has 2 rings (SSSR count). The Morgan fingerprint density at radius 3 is 2.74 bits per heavy atom. The van der Waals surface area contributed by atoms with Gasteiger partial charge in [-0.1, -0.05) is 66.7 Å². The van der Waals surface area contributed by atoms with Gasteiger partial charge in [-0.25, -0.2) is 0 Å². The molecule has 0 spiro atoms. The Morgan fingerprint density at radius 2 is 2.05 bits per heavy atom. The minimum atomic E-state index is 0.486. The van der Waals surface area contributed by atoms with Gasteiger partial charge in [0.1, 0.15) is 0 Å². The molecule has 0 saturated heterocycles. The van der Waals surface area contributed by atoms with Crippen LogP contribution in [0.25, 0.3) is 0 Å². The molecule has 0 aromatic heterocycles. The summed E-state index contributed by atoms with van der Waals surface area (Å²) in [6, 6.07) is 7.13. The highest BCUT2D eigenvalue weighted by Crippen LogP contribution is 2.42. The second-order valence-corrected chi connectivity index (χ2v) is 6.65. The van der Waals surface area contributed by atoms with Crippen LogP contribution in [0.15, 0.2) is 22.7 Å². The molecule has 1 fully saturated rings. The van der Waals surface area contributed by atoms with E-state index in [0.29, 0.717) is 6.04 Å². The number of nitrogens with one attached hydrogen (secondary N) is 1. The monoisotopic (exact) mass is 323 g/mol. The SMILES string of the molecule is CCC1CCCCC1C(NC)c1cccc(C)c1Br. The van der Waals surface area contributed by atoms with Gasteiger partial charge in [0.2, 0.25) is 0 Å². The van der Waals surface area contributed by atoms with Crippen LogP contribution in [-0.4, -0.2) is 7.05 Å². The fraction of sp³-hybridized carbons (Fsp3) is 0.647. The van der Waals surface area contributed by atoms with E-state index in [-0.39, 0.29) is 0 Å². The van der Waals surface area contributed by atoms with Gasteiger partial charge in [0.25, 0.3) is 0 Å². The summed E-state index contributed by atoms with van der Waals surface area (Å²) in [5, 5.41) is 3.59. The van der Waals surface area contributed by atoms with E-state index in [4.69, 9.17) is 0 Å². The van der Waals surface area contributed by atoms with Crippen molar-refractivity contribution >= 4 is 15.9 Å². The van der Waals surface area contributed by atoms with Crippen LogP contribution >= 0.6 is 15.9 Å². The maximum atomic E-state index is 3.79. The number of halogens is 1. The molecular formula is C17H26BrN. The van der Waals surface area contributed by atoms with E-state index in [0.717, 1.165) is 11.8 Å². The molecular weight excluding hydrogens is 298 g/mol. The van der Waals surface area contributed by atoms with Crippen LogP contribution in [0.3, 0.4) is 0 Å². The first-order valence-corrected chi connectivity index (χ1v) is 8.40. The van der Waals surface area contributed by atoms with Crippen LogP contribution in [-0.2, 0) is 0 Å². The highest BCUT2D eigenvalue weighted by Gasteiger charge is 2.31. The van der Waals surface area contributed by atoms with E-state index in [1.165, 1.54) is 47.7 Å². The quantitative estimate of drug-likeness (QED) is 0.799. The van der Waals surface area contributed by atoms with Crippen molar-refractivity contribution in [3.05, 3.63) is 33.8 Å². The third-order valence-electron chi connectivity index (χ3n) is 4.79. The highest BCUT2D eigenvalue weighted by molar-refractivity contribution is 9.10. The molecule has 1 aliphatic carbocycles. The minimum Gasteiger partial charge on any atom is -0.313 e. The number of hydrogen-bond acceptors (Lipinski definition) is 1. The summed E-state index contributed by atoms with van der Waals surface area (Å²) in [4.78, 5) is 0. The van der Waals surface area contributed by atoms with Crippen molar-refractivity contribution < 1.29 is 0 Å². The van der Waals surface area contributed by atoms with Crippen LogP contribution in [0.4, 0.5) is 0 Å². The van der Waals surface area contributed by atoms with E-state index in [2.05, 4.69) is 60.3 Å². The summed E-state index contributed by atoms with van der Waals surface area (Å²) in [5.41, 5.74) is 2.77. The lowest BCUT2D eigenvalue weighted by Gasteiger charge is -2.37. The van der Waals surface area contributed by atoms with E-state index < -0.39 is 0 Å². The van der Waals surface area contributed by atoms with Crippen LogP contribution in [0.5, 0.6) is 0 Å². The number of hydrogen-bond donors (Lipinski definition) is 1. The van der Waals surface area contributed by atoms with Crippen molar-refractivity contribution in [2.24, 2.45) is 11.8 Å². The van der Waals surface area contributed by atoms with Crippen molar-refractivity contribution in [2.45, 2.75) is 52.0 Å². The van der Waals surface area contributed by atoms with Crippen molar-refractivity contribution in [2.75, 3.05) is 7.05 Å². The topological polar surface area (TPSA) is 12.0 Å². The summed E-state index contributed by atoms with van der Waals surface area (Å²) >= 11 is 3.79. The molecule has 0 heterocycles. The maximum Gasteiger partial charge on any atom is 0.0360 e. The van der Waals surface area contributed by atoms with E-state index in [9.17, 15) is 0 Å². The van der Waals surface area contributed by atoms with Gasteiger partial charge in [-0.2, -0.15) is 0 Å². The zero-order valence-corrected chi connectivity index (χ0v) is 14.0. The van der Waals surface area contributed by atoms with Crippen LogP contribution < -0.4 is 5.32 Å². The molecule has 0 radical (unpaired) electrons. The van der Waals surface area contributed by atoms with Crippen LogP contribution in [0.1, 0.15) is 56.2 Å². The van der Waals surface area contributed by atoms with E-state index in [1.54, 1.807) is 0 Å². The molecule has 1 aromatic carbocycles. The molecule has 106 valence electrons. The molecule has 0 amide bonds. The van der Waals surface area contributed by atoms with Crippen molar-refractivity contribution in [1.82, 2.24) is 5.32 Å². The Bertz CT molecular complexity index is 416. The Kier molecular flexibility index (Phi) is 5.47. The Hall–Kier alpha value is -0.340. The maximum absolute atomic E-state index is 3.79. The lowest BCUT2D eigenvalue weighted by molar-refractivity contribution is 0.180. The minimum absolute atomic E-state index is 0.486. The average Bonchev–Trinajstić information content (AvgIpc) is 2.45. The van der Waals surface area contributed by atoms with Gasteiger partial charge in [0, 0.05) is 10.5 Å². The van der Waals surface area contributed by atoms with Gasteiger partial charge < -0.3 is 5.32 Å². The molecule has 1 N–H and O–H groups in total. The number of aryl methyl sites for hydroxylation is 1. The Labute approximate surface area is 126 Å². The molecule has 1 aliphatic rings. The van der Waals surface area contributed by atoms with Crippen LogP contribution in [0.2, 0.25) is 0 Å². The second-order valence-electron chi connectivity index (χ2n) is 5.86. The summed E-state index contributed by atoms with van der Waals surface area (Å²) in [6.45, 7) is 4.53. The molecule has 1 saturated carbocycles. The second kappa shape index (κ2) is 6.90. The molecule has 0 bridgehead atoms. The number of benzene rings is 1. The van der Waals surface area contributed by atoms with Gasteiger partial charge >= 0.3 is 0 Å². The van der Waals surface area contributed by atoms with Gasteiger partial charge in [0.05, 0.1) is 0 Å². The predicted molar refractivity (Wildman–Crippen MR) is 86.4 cm³/mol. The van der Waals surface area contributed by atoms with Gasteiger partial charge in [0.15, 0.2) is 0 Å². The van der Waals surface area contributed by atoms with E-state index in [1.807, 2.05) is 0 Å². The number of rotatable bonds is 4. The van der Waals surface area contributed by atoms with Crippen molar-refractivity contribution in [3.63, 3.8) is 0 Å². The summed E-state index contributed by atoms with van der Waals surface area (Å²) in [7, 11) is 2.11. The third kappa shape index (κ3) is 3.22. The standard InChI is InChI=1S/C17H26BrN/c1-4-13-9-5-6-10-14(13)17(19-3)15-11-7-8-12(2)16(15)18/h7-8,11,13-14,17,19H,4-6,9-10H2,1-3H3. The molecule has 3 unspecified atom stereocenters. The molecule has 2 heteroatoms. The van der Waals surface area contributed by atoms with Crippen molar-refractivity contribution in [3.8, 4) is 0 Å². The molecule has 3 atom stereocenters. The average molecular weight is 324 g/mol. The van der Waals surface area contributed by atoms with Gasteiger partial charge in [-0.15, -0.1) is 0 Å². The highest BCUT2D eigenvalue weighted by atomic mass is 79.9. The third-order valence-corrected chi connectivity index (χ3v) is 5.87. The molecule has 1 nitrogen and oxygen atoms in total. The first kappa shape index (κ1) is 15.1. The van der Waals surface area contributed by atoms with Gasteiger partial charge in [-0.3, -0.25) is 0 Å². The zero-order chi connectivity index (χ0) is 13.8. The predicted octanol–water partition coefficient (Wildman–Crippen LogP) is 5.23. The van der Waals surface area contributed by atoms with E-state index >= 15 is 0 Å². The van der Waals surface area contributed by atoms with Gasteiger partial charge in [-0.05, 0) is 43.4 Å². The summed E-state index contributed by atoms with van der Waals surface area (Å²) in [5.74, 6) is 1.65. The lowest BCUT2D eigenvalue weighted by atomic mass is 9.72. The largest absolute Gasteiger partial charge is 0.313 e. The van der Waals surface area contributed by atoms with Crippen LogP contribution in [0, 0.1) is 18.8 Å². The zero-order valence-electron chi connectivity index (χ0n) is 12.4. The Balaban J connectivity index is 2.30. The lowest BCUT2D eigenvalue weighted by Crippen LogP contribution is -2.32. The fourth-order valence-corrected chi connectivity index (χ4v) is 4.20. The summed E-state index contributed by atoms with van der Waals surface area (Å²) < 4.78 is 1.29. The first-order chi connectivity index (χ1) is 9.19. The Morgan fingerprint density at radius 1 is 1.32 bits per heavy atom. The fourth-order valence-electron chi connectivity index (χ4n) is 3.69. The smallest absolute Gasteiger partial charge is 0.0360 e. The van der Waals surface area contributed by atoms with Crippen molar-refractivity contribution in [1.29, 1.82) is 0 Å². The first-order valence-electron chi connectivity index (χ1n) is 7.61. The molecule has 0 aliphatic heterocycles.